The molecule has 1 heterocycles. The van der Waals surface area contributed by atoms with E-state index in [4.69, 9.17) is 4.74 Å². The Bertz CT molecular complexity index is 252. The van der Waals surface area contributed by atoms with Crippen molar-refractivity contribution in [2.24, 2.45) is 5.92 Å². The van der Waals surface area contributed by atoms with Gasteiger partial charge < -0.3 is 14.7 Å². The first-order valence-corrected chi connectivity index (χ1v) is 6.49. The van der Waals surface area contributed by atoms with Crippen LogP contribution in [0.3, 0.4) is 0 Å². The molecule has 0 aromatic rings. The van der Waals surface area contributed by atoms with Gasteiger partial charge in [0.25, 0.3) is 0 Å². The molecule has 0 radical (unpaired) electrons. The van der Waals surface area contributed by atoms with Gasteiger partial charge in [0.15, 0.2) is 0 Å². The summed E-state index contributed by atoms with van der Waals surface area (Å²) in [6.45, 7) is 8.99. The SMILES string of the molecule is CCC(O)C1CCN(C(=O)OC(C)(C)C)CC1. The third kappa shape index (κ3) is 4.54. The molecule has 1 amide bonds. The number of likely N-dealkylation sites (tertiary alicyclic amines) is 1. The normalized spacial score (nSPS) is 20.2. The molecule has 1 unspecified atom stereocenters. The first-order chi connectivity index (χ1) is 7.83. The number of hydrogen-bond donors (Lipinski definition) is 1. The van der Waals surface area contributed by atoms with Crippen molar-refractivity contribution in [3.63, 3.8) is 0 Å². The molecular weight excluding hydrogens is 218 g/mol. The number of aliphatic hydroxyl groups excluding tert-OH is 1. The van der Waals surface area contributed by atoms with Crippen LogP contribution < -0.4 is 0 Å². The molecule has 1 fully saturated rings. The van der Waals surface area contributed by atoms with Crippen LogP contribution in [0.25, 0.3) is 0 Å². The lowest BCUT2D eigenvalue weighted by Crippen LogP contribution is -2.43. The van der Waals surface area contributed by atoms with E-state index in [9.17, 15) is 9.90 Å². The summed E-state index contributed by atoms with van der Waals surface area (Å²) in [4.78, 5) is 13.5. The fourth-order valence-electron chi connectivity index (χ4n) is 2.13. The minimum atomic E-state index is -0.434. The maximum atomic E-state index is 11.8. The molecule has 1 aliphatic rings. The van der Waals surface area contributed by atoms with Gasteiger partial charge in [-0.25, -0.2) is 4.79 Å². The number of carbonyl (C=O) groups excluding carboxylic acids is 1. The molecular formula is C13H25NO3. The van der Waals surface area contributed by atoms with E-state index < -0.39 is 5.60 Å². The van der Waals surface area contributed by atoms with E-state index in [2.05, 4.69) is 0 Å². The smallest absolute Gasteiger partial charge is 0.410 e. The number of rotatable bonds is 2. The minimum absolute atomic E-state index is 0.226. The summed E-state index contributed by atoms with van der Waals surface area (Å²) in [5, 5.41) is 9.76. The molecule has 17 heavy (non-hydrogen) atoms. The van der Waals surface area contributed by atoms with Crippen molar-refractivity contribution in [3.8, 4) is 0 Å². The Labute approximate surface area is 104 Å². The number of nitrogens with zero attached hydrogens (tertiary/aromatic N) is 1. The third-order valence-electron chi connectivity index (χ3n) is 3.15. The Morgan fingerprint density at radius 2 is 1.94 bits per heavy atom. The lowest BCUT2D eigenvalue weighted by molar-refractivity contribution is 0.00754. The van der Waals surface area contributed by atoms with E-state index in [0.717, 1.165) is 19.3 Å². The first-order valence-electron chi connectivity index (χ1n) is 6.49. The van der Waals surface area contributed by atoms with Gasteiger partial charge >= 0.3 is 6.09 Å². The first kappa shape index (κ1) is 14.3. The monoisotopic (exact) mass is 243 g/mol. The van der Waals surface area contributed by atoms with Crippen LogP contribution in [0.2, 0.25) is 0 Å². The number of ether oxygens (including phenoxy) is 1. The Hall–Kier alpha value is -0.770. The molecule has 4 nitrogen and oxygen atoms in total. The molecule has 100 valence electrons. The van der Waals surface area contributed by atoms with Crippen molar-refractivity contribution in [2.45, 2.75) is 58.7 Å². The van der Waals surface area contributed by atoms with E-state index >= 15 is 0 Å². The number of hydrogen-bond acceptors (Lipinski definition) is 3. The van der Waals surface area contributed by atoms with Crippen molar-refractivity contribution >= 4 is 6.09 Å². The number of carbonyl (C=O) groups is 1. The van der Waals surface area contributed by atoms with Crippen molar-refractivity contribution in [1.82, 2.24) is 4.90 Å². The van der Waals surface area contributed by atoms with Gasteiger partial charge in [0.2, 0.25) is 0 Å². The lowest BCUT2D eigenvalue weighted by Gasteiger charge is -2.34. The molecule has 0 aliphatic carbocycles. The van der Waals surface area contributed by atoms with E-state index in [0.29, 0.717) is 19.0 Å². The maximum absolute atomic E-state index is 11.8. The summed E-state index contributed by atoms with van der Waals surface area (Å²) in [7, 11) is 0. The summed E-state index contributed by atoms with van der Waals surface area (Å²) < 4.78 is 5.32. The average Bonchev–Trinajstić information content (AvgIpc) is 2.26. The number of amides is 1. The molecule has 1 saturated heterocycles. The molecule has 4 heteroatoms. The van der Waals surface area contributed by atoms with Crippen LogP contribution in [0.1, 0.15) is 47.0 Å². The summed E-state index contributed by atoms with van der Waals surface area (Å²) in [6, 6.07) is 0. The van der Waals surface area contributed by atoms with Crippen LogP contribution in [0, 0.1) is 5.92 Å². The van der Waals surface area contributed by atoms with Crippen LogP contribution >= 0.6 is 0 Å². The largest absolute Gasteiger partial charge is 0.444 e. The van der Waals surface area contributed by atoms with Gasteiger partial charge in [-0.3, -0.25) is 0 Å². The van der Waals surface area contributed by atoms with Crippen molar-refractivity contribution < 1.29 is 14.6 Å². The lowest BCUT2D eigenvalue weighted by atomic mass is 9.90. The Balaban J connectivity index is 2.39. The molecule has 0 aromatic carbocycles. The highest BCUT2D eigenvalue weighted by molar-refractivity contribution is 5.68. The van der Waals surface area contributed by atoms with Gasteiger partial charge in [-0.05, 0) is 46.0 Å². The van der Waals surface area contributed by atoms with Crippen LogP contribution in [0.4, 0.5) is 4.79 Å². The van der Waals surface area contributed by atoms with Crippen molar-refractivity contribution in [1.29, 1.82) is 0 Å². The summed E-state index contributed by atoms with van der Waals surface area (Å²) in [6.07, 6.45) is 2.07. The zero-order valence-corrected chi connectivity index (χ0v) is 11.4. The molecule has 0 saturated carbocycles. The predicted molar refractivity (Wildman–Crippen MR) is 66.8 cm³/mol. The molecule has 0 aromatic heterocycles. The van der Waals surface area contributed by atoms with Gasteiger partial charge in [0.1, 0.15) is 5.60 Å². The van der Waals surface area contributed by atoms with Crippen LogP contribution in [-0.2, 0) is 4.74 Å². The topological polar surface area (TPSA) is 49.8 Å². The van der Waals surface area contributed by atoms with Gasteiger partial charge in [0, 0.05) is 13.1 Å². The fraction of sp³-hybridized carbons (Fsp3) is 0.923. The van der Waals surface area contributed by atoms with Gasteiger partial charge in [0.05, 0.1) is 6.10 Å². The summed E-state index contributed by atoms with van der Waals surface area (Å²) >= 11 is 0. The van der Waals surface area contributed by atoms with Crippen LogP contribution in [0.5, 0.6) is 0 Å². The summed E-state index contributed by atoms with van der Waals surface area (Å²) in [5.74, 6) is 0.332. The molecule has 0 bridgehead atoms. The number of piperidine rings is 1. The predicted octanol–water partition coefficient (Wildman–Crippen LogP) is 2.40. The Morgan fingerprint density at radius 1 is 1.41 bits per heavy atom. The van der Waals surface area contributed by atoms with Crippen molar-refractivity contribution in [3.05, 3.63) is 0 Å². The molecule has 1 rings (SSSR count). The summed E-state index contributed by atoms with van der Waals surface area (Å²) in [5.41, 5.74) is -0.434. The average molecular weight is 243 g/mol. The molecule has 1 atom stereocenters. The van der Waals surface area contributed by atoms with Crippen molar-refractivity contribution in [2.75, 3.05) is 13.1 Å². The maximum Gasteiger partial charge on any atom is 0.410 e. The second kappa shape index (κ2) is 5.71. The third-order valence-corrected chi connectivity index (χ3v) is 3.15. The minimum Gasteiger partial charge on any atom is -0.444 e. The van der Waals surface area contributed by atoms with Gasteiger partial charge in [-0.2, -0.15) is 0 Å². The second-order valence-corrected chi connectivity index (χ2v) is 5.78. The highest BCUT2D eigenvalue weighted by Gasteiger charge is 2.29. The van der Waals surface area contributed by atoms with Gasteiger partial charge in [-0.15, -0.1) is 0 Å². The van der Waals surface area contributed by atoms with E-state index in [-0.39, 0.29) is 12.2 Å². The second-order valence-electron chi connectivity index (χ2n) is 5.78. The van der Waals surface area contributed by atoms with E-state index in [1.165, 1.54) is 0 Å². The fourth-order valence-corrected chi connectivity index (χ4v) is 2.13. The quantitative estimate of drug-likeness (QED) is 0.810. The van der Waals surface area contributed by atoms with Crippen LogP contribution in [0.15, 0.2) is 0 Å². The Morgan fingerprint density at radius 3 is 2.35 bits per heavy atom. The molecule has 0 spiro atoms. The van der Waals surface area contributed by atoms with Crippen LogP contribution in [-0.4, -0.2) is 40.9 Å². The molecule has 1 N–H and O–H groups in total. The standard InChI is InChI=1S/C13H25NO3/c1-5-11(15)10-6-8-14(9-7-10)12(16)17-13(2,3)4/h10-11,15H,5-9H2,1-4H3. The van der Waals surface area contributed by atoms with Gasteiger partial charge in [-0.1, -0.05) is 6.92 Å². The molecule has 1 aliphatic heterocycles. The van der Waals surface area contributed by atoms with E-state index in [1.54, 1.807) is 4.90 Å². The highest BCUT2D eigenvalue weighted by atomic mass is 16.6. The Kier molecular flexibility index (Phi) is 4.80. The highest BCUT2D eigenvalue weighted by Crippen LogP contribution is 2.23. The zero-order valence-electron chi connectivity index (χ0n) is 11.4. The zero-order chi connectivity index (χ0) is 13.1. The number of aliphatic hydroxyl groups is 1. The van der Waals surface area contributed by atoms with E-state index in [1.807, 2.05) is 27.7 Å².